The lowest BCUT2D eigenvalue weighted by Gasteiger charge is -2.00. The molecular weight excluding hydrogens is 90.1 g/mol. The number of hydrogen-bond acceptors (Lipinski definition) is 1. The van der Waals surface area contributed by atoms with Gasteiger partial charge >= 0.3 is 0 Å². The average molecular weight is 102 g/mol. The monoisotopic (exact) mass is 102 g/mol. The van der Waals surface area contributed by atoms with Crippen molar-refractivity contribution in [1.82, 2.24) is 0 Å². The Morgan fingerprint density at radius 3 is 2.29 bits per heavy atom. The molecule has 7 heavy (non-hydrogen) atoms. The van der Waals surface area contributed by atoms with Crippen molar-refractivity contribution in [2.75, 3.05) is 0 Å². The van der Waals surface area contributed by atoms with Crippen LogP contribution in [0.2, 0.25) is 0 Å². The Balaban J connectivity index is 2.33. The van der Waals surface area contributed by atoms with Gasteiger partial charge in [0.25, 0.3) is 0 Å². The minimum Gasteiger partial charge on any atom is -0.387 e. The van der Waals surface area contributed by atoms with Crippen molar-refractivity contribution >= 4 is 0 Å². The Morgan fingerprint density at radius 2 is 2.14 bits per heavy atom. The highest BCUT2D eigenvalue weighted by atomic mass is 16.3. The molecule has 1 aliphatic carbocycles. The molecule has 4 N–H and O–H groups in total. The zero-order chi connectivity index (χ0) is 5.28. The second-order valence-corrected chi connectivity index (χ2v) is 2.26. The van der Waals surface area contributed by atoms with Crippen molar-refractivity contribution in [3.05, 3.63) is 0 Å². The molecule has 2 heteroatoms. The fraction of sp³-hybridized carbons (Fsp3) is 1.00. The van der Waals surface area contributed by atoms with Crippen molar-refractivity contribution in [2.24, 2.45) is 0 Å². The van der Waals surface area contributed by atoms with Crippen LogP contribution in [0.4, 0.5) is 0 Å². The molecule has 0 aromatic rings. The van der Waals surface area contributed by atoms with Gasteiger partial charge in [0.05, 0.1) is 0 Å². The summed E-state index contributed by atoms with van der Waals surface area (Å²) in [5.74, 6) is 0. The van der Waals surface area contributed by atoms with Gasteiger partial charge in [0.15, 0.2) is 0 Å². The molecule has 0 spiro atoms. The maximum atomic E-state index is 8.94. The number of hydrogen-bond donors (Lipinski definition) is 2. The molecule has 0 aromatic heterocycles. The molecule has 1 aliphatic rings. The highest BCUT2D eigenvalue weighted by Crippen LogP contribution is 2.14. The predicted molar refractivity (Wildman–Crippen MR) is 26.5 cm³/mol. The van der Waals surface area contributed by atoms with E-state index in [1.165, 1.54) is 0 Å². The van der Waals surface area contributed by atoms with Gasteiger partial charge in [-0.25, -0.2) is 0 Å². The van der Waals surface area contributed by atoms with Gasteiger partial charge < -0.3 is 10.8 Å². The van der Waals surface area contributed by atoms with E-state index in [1.54, 1.807) is 0 Å². The normalized spacial score (nSPS) is 42.0. The van der Waals surface area contributed by atoms with E-state index in [1.807, 2.05) is 0 Å². The van der Waals surface area contributed by atoms with E-state index in [4.69, 9.17) is 5.11 Å². The van der Waals surface area contributed by atoms with E-state index in [2.05, 4.69) is 5.73 Å². The van der Waals surface area contributed by atoms with E-state index in [9.17, 15) is 0 Å². The maximum Gasteiger partial charge on any atom is 0.111 e. The highest BCUT2D eigenvalue weighted by Gasteiger charge is 2.23. The van der Waals surface area contributed by atoms with Crippen molar-refractivity contribution in [3.8, 4) is 0 Å². The van der Waals surface area contributed by atoms with E-state index in [-0.39, 0.29) is 6.10 Å². The molecule has 1 saturated carbocycles. The second kappa shape index (κ2) is 1.80. The van der Waals surface area contributed by atoms with Crippen molar-refractivity contribution in [3.63, 3.8) is 0 Å². The number of quaternary nitrogens is 1. The van der Waals surface area contributed by atoms with E-state index in [0.29, 0.717) is 6.04 Å². The third-order valence-electron chi connectivity index (χ3n) is 1.62. The van der Waals surface area contributed by atoms with Gasteiger partial charge in [0, 0.05) is 6.42 Å². The van der Waals surface area contributed by atoms with Gasteiger partial charge in [-0.15, -0.1) is 0 Å². The molecule has 2 atom stereocenters. The zero-order valence-corrected chi connectivity index (χ0v) is 4.43. The lowest BCUT2D eigenvalue weighted by Crippen LogP contribution is -2.64. The van der Waals surface area contributed by atoms with E-state index >= 15 is 0 Å². The lowest BCUT2D eigenvalue weighted by atomic mass is 10.2. The van der Waals surface area contributed by atoms with Crippen LogP contribution >= 0.6 is 0 Å². The van der Waals surface area contributed by atoms with Crippen LogP contribution in [0, 0.1) is 0 Å². The number of aliphatic hydroxyl groups excluding tert-OH is 1. The highest BCUT2D eigenvalue weighted by molar-refractivity contribution is 4.73. The molecule has 0 saturated heterocycles. The molecule has 2 nitrogen and oxygen atoms in total. The molecule has 1 rings (SSSR count). The third-order valence-corrected chi connectivity index (χ3v) is 1.62. The Kier molecular flexibility index (Phi) is 1.30. The Labute approximate surface area is 43.3 Å². The molecule has 0 aromatic carbocycles. The summed E-state index contributed by atoms with van der Waals surface area (Å²) in [5.41, 5.74) is 3.77. The smallest absolute Gasteiger partial charge is 0.111 e. The molecule has 0 radical (unpaired) electrons. The summed E-state index contributed by atoms with van der Waals surface area (Å²) in [6.45, 7) is 0. The number of rotatable bonds is 0. The largest absolute Gasteiger partial charge is 0.387 e. The standard InChI is InChI=1S/C5H11NO/c6-4-2-1-3-5(4)7/h4-5,7H,1-3,6H2/p+1. The Bertz CT molecular complexity index is 57.1. The van der Waals surface area contributed by atoms with Crippen molar-refractivity contribution in [2.45, 2.75) is 31.4 Å². The van der Waals surface area contributed by atoms with Crippen LogP contribution in [0.25, 0.3) is 0 Å². The lowest BCUT2D eigenvalue weighted by molar-refractivity contribution is -0.432. The summed E-state index contributed by atoms with van der Waals surface area (Å²) in [5, 5.41) is 8.94. The topological polar surface area (TPSA) is 47.9 Å². The summed E-state index contributed by atoms with van der Waals surface area (Å²) in [4.78, 5) is 0. The molecule has 0 heterocycles. The molecule has 0 aliphatic heterocycles. The van der Waals surface area contributed by atoms with Crippen LogP contribution in [0.5, 0.6) is 0 Å². The first-order valence-electron chi connectivity index (χ1n) is 2.82. The van der Waals surface area contributed by atoms with Crippen LogP contribution in [0.15, 0.2) is 0 Å². The Hall–Kier alpha value is -0.0800. The summed E-state index contributed by atoms with van der Waals surface area (Å²) in [7, 11) is 0. The van der Waals surface area contributed by atoms with Gasteiger partial charge in [0.1, 0.15) is 12.1 Å². The predicted octanol–water partition coefficient (Wildman–Crippen LogP) is -0.858. The van der Waals surface area contributed by atoms with Gasteiger partial charge in [0.2, 0.25) is 0 Å². The average Bonchev–Trinajstić information content (AvgIpc) is 1.91. The summed E-state index contributed by atoms with van der Waals surface area (Å²) < 4.78 is 0. The van der Waals surface area contributed by atoms with E-state index in [0.717, 1.165) is 19.3 Å². The first kappa shape index (κ1) is 5.06. The first-order chi connectivity index (χ1) is 3.30. The number of aliphatic hydroxyl groups is 1. The molecule has 0 amide bonds. The van der Waals surface area contributed by atoms with Crippen molar-refractivity contribution < 1.29 is 10.8 Å². The SMILES string of the molecule is [NH3+]C1CCCC1O. The van der Waals surface area contributed by atoms with Crippen LogP contribution < -0.4 is 5.73 Å². The van der Waals surface area contributed by atoms with Gasteiger partial charge in [-0.2, -0.15) is 0 Å². The molecule has 2 unspecified atom stereocenters. The van der Waals surface area contributed by atoms with E-state index < -0.39 is 0 Å². The van der Waals surface area contributed by atoms with Crippen LogP contribution in [0.3, 0.4) is 0 Å². The molecule has 1 fully saturated rings. The maximum absolute atomic E-state index is 8.94. The Morgan fingerprint density at radius 1 is 1.43 bits per heavy atom. The zero-order valence-electron chi connectivity index (χ0n) is 4.43. The second-order valence-electron chi connectivity index (χ2n) is 2.26. The summed E-state index contributed by atoms with van der Waals surface area (Å²) in [6.07, 6.45) is 3.14. The first-order valence-corrected chi connectivity index (χ1v) is 2.82. The van der Waals surface area contributed by atoms with Gasteiger partial charge in [-0.3, -0.25) is 0 Å². The summed E-state index contributed by atoms with van der Waals surface area (Å²) >= 11 is 0. The molecule has 42 valence electrons. The fourth-order valence-corrected chi connectivity index (χ4v) is 1.02. The quantitative estimate of drug-likeness (QED) is 0.411. The fourth-order valence-electron chi connectivity index (χ4n) is 1.02. The van der Waals surface area contributed by atoms with Crippen LogP contribution in [0.1, 0.15) is 19.3 Å². The minimum atomic E-state index is -0.0972. The summed E-state index contributed by atoms with van der Waals surface area (Å²) in [6, 6.07) is 0.319. The van der Waals surface area contributed by atoms with Gasteiger partial charge in [-0.05, 0) is 12.8 Å². The van der Waals surface area contributed by atoms with Crippen molar-refractivity contribution in [1.29, 1.82) is 0 Å². The minimum absolute atomic E-state index is 0.0972. The third kappa shape index (κ3) is 0.924. The molecular formula is C5H12NO+. The van der Waals surface area contributed by atoms with Crippen LogP contribution in [-0.4, -0.2) is 17.3 Å². The molecule has 0 bridgehead atoms. The van der Waals surface area contributed by atoms with Crippen LogP contribution in [-0.2, 0) is 0 Å². The van der Waals surface area contributed by atoms with Gasteiger partial charge in [-0.1, -0.05) is 0 Å².